The van der Waals surface area contributed by atoms with E-state index in [0.29, 0.717) is 13.2 Å². The Kier molecular flexibility index (Phi) is 6.68. The minimum absolute atomic E-state index is 0.000290. The van der Waals surface area contributed by atoms with E-state index in [1.807, 2.05) is 37.3 Å². The monoisotopic (exact) mass is 456 g/mol. The first-order chi connectivity index (χ1) is 16.6. The van der Waals surface area contributed by atoms with Crippen LogP contribution in [0.4, 0.5) is 0 Å². The molecule has 4 atom stereocenters. The van der Waals surface area contributed by atoms with Crippen LogP contribution in [0.2, 0.25) is 0 Å². The number of aliphatic hydroxyl groups is 1. The van der Waals surface area contributed by atoms with Crippen LogP contribution in [0.3, 0.4) is 0 Å². The maximum atomic E-state index is 12.4. The molecular weight excluding hydrogens is 424 g/mol. The van der Waals surface area contributed by atoms with E-state index in [1.54, 1.807) is 0 Å². The highest BCUT2D eigenvalue weighted by Crippen LogP contribution is 2.44. The molecule has 0 saturated heterocycles. The van der Waals surface area contributed by atoms with Crippen LogP contribution < -0.4 is 4.74 Å². The smallest absolute Gasteiger partial charge is 0.309 e. The molecule has 4 nitrogen and oxygen atoms in total. The molecule has 1 aliphatic carbocycles. The van der Waals surface area contributed by atoms with Crippen molar-refractivity contribution in [2.45, 2.75) is 44.6 Å². The summed E-state index contributed by atoms with van der Waals surface area (Å²) in [5, 5.41) is 11.1. The van der Waals surface area contributed by atoms with Gasteiger partial charge in [0.05, 0.1) is 25.2 Å². The van der Waals surface area contributed by atoms with Gasteiger partial charge in [-0.05, 0) is 60.4 Å². The minimum Gasteiger partial charge on any atom is -0.493 e. The van der Waals surface area contributed by atoms with E-state index < -0.39 is 6.10 Å². The molecule has 1 aliphatic heterocycles. The maximum Gasteiger partial charge on any atom is 0.309 e. The molecule has 0 aromatic heterocycles. The van der Waals surface area contributed by atoms with Crippen LogP contribution in [-0.4, -0.2) is 24.3 Å². The van der Waals surface area contributed by atoms with E-state index >= 15 is 0 Å². The summed E-state index contributed by atoms with van der Waals surface area (Å²) in [6.45, 7) is 2.74. The third kappa shape index (κ3) is 4.60. The largest absolute Gasteiger partial charge is 0.493 e. The average Bonchev–Trinajstić information content (AvgIpc) is 3.37. The van der Waals surface area contributed by atoms with Gasteiger partial charge in [0.25, 0.3) is 0 Å². The maximum absolute atomic E-state index is 12.4. The summed E-state index contributed by atoms with van der Waals surface area (Å²) in [6.07, 6.45) is 3.06. The Bertz CT molecular complexity index is 1120. The third-order valence-corrected chi connectivity index (χ3v) is 7.35. The molecule has 34 heavy (non-hydrogen) atoms. The van der Waals surface area contributed by atoms with Crippen LogP contribution in [0.25, 0.3) is 11.1 Å². The van der Waals surface area contributed by atoms with Crippen molar-refractivity contribution in [1.82, 2.24) is 0 Å². The van der Waals surface area contributed by atoms with Crippen molar-refractivity contribution in [3.63, 3.8) is 0 Å². The van der Waals surface area contributed by atoms with Gasteiger partial charge in [0.2, 0.25) is 0 Å². The van der Waals surface area contributed by atoms with Gasteiger partial charge in [-0.1, -0.05) is 73.2 Å². The zero-order valence-corrected chi connectivity index (χ0v) is 19.7. The fourth-order valence-corrected chi connectivity index (χ4v) is 5.52. The van der Waals surface area contributed by atoms with Gasteiger partial charge in [-0.15, -0.1) is 0 Å². The van der Waals surface area contributed by atoms with Gasteiger partial charge >= 0.3 is 5.97 Å². The Morgan fingerprint density at radius 2 is 1.76 bits per heavy atom. The topological polar surface area (TPSA) is 55.8 Å². The van der Waals surface area contributed by atoms with E-state index in [2.05, 4.69) is 42.5 Å². The normalized spacial score (nSPS) is 23.7. The van der Waals surface area contributed by atoms with Crippen LogP contribution in [0.15, 0.2) is 72.8 Å². The van der Waals surface area contributed by atoms with E-state index in [4.69, 9.17) is 9.47 Å². The van der Waals surface area contributed by atoms with Crippen molar-refractivity contribution < 1.29 is 19.4 Å². The molecule has 0 bridgehead atoms. The van der Waals surface area contributed by atoms with Gasteiger partial charge in [0.15, 0.2) is 0 Å². The fourth-order valence-electron chi connectivity index (χ4n) is 5.52. The molecular formula is C30H32O4. The SMILES string of the molecule is CCOC(=O)C1CCCC1c1ccc2c(c1)OCC(Cc1ccc(-c3ccccc3)cc1)C2O. The summed E-state index contributed by atoms with van der Waals surface area (Å²) >= 11 is 0. The number of rotatable bonds is 6. The summed E-state index contributed by atoms with van der Waals surface area (Å²) in [5.41, 5.74) is 5.53. The molecule has 0 amide bonds. The lowest BCUT2D eigenvalue weighted by Gasteiger charge is -2.31. The molecule has 1 saturated carbocycles. The first-order valence-electron chi connectivity index (χ1n) is 12.4. The number of aliphatic hydroxyl groups excluding tert-OH is 1. The van der Waals surface area contributed by atoms with Crippen molar-refractivity contribution in [1.29, 1.82) is 0 Å². The number of hydrogen-bond donors (Lipinski definition) is 1. The van der Waals surface area contributed by atoms with E-state index in [0.717, 1.165) is 42.6 Å². The Labute approximate surface area is 201 Å². The van der Waals surface area contributed by atoms with Crippen LogP contribution in [0.5, 0.6) is 5.75 Å². The zero-order chi connectivity index (χ0) is 23.5. The van der Waals surface area contributed by atoms with E-state index in [1.165, 1.54) is 16.7 Å². The highest BCUT2D eigenvalue weighted by atomic mass is 16.5. The molecule has 4 unspecified atom stereocenters. The number of hydrogen-bond acceptors (Lipinski definition) is 4. The Morgan fingerprint density at radius 3 is 2.53 bits per heavy atom. The molecule has 1 fully saturated rings. The summed E-state index contributed by atoms with van der Waals surface area (Å²) in [7, 11) is 0. The van der Waals surface area contributed by atoms with E-state index in [-0.39, 0.29) is 23.7 Å². The highest BCUT2D eigenvalue weighted by molar-refractivity contribution is 5.74. The number of ether oxygens (including phenoxy) is 2. The fraction of sp³-hybridized carbons (Fsp3) is 0.367. The molecule has 3 aromatic carbocycles. The second-order valence-corrected chi connectivity index (χ2v) is 9.48. The van der Waals surface area contributed by atoms with Gasteiger partial charge in [0.1, 0.15) is 5.75 Å². The first-order valence-corrected chi connectivity index (χ1v) is 12.4. The van der Waals surface area contributed by atoms with Crippen molar-refractivity contribution >= 4 is 5.97 Å². The number of carbonyl (C=O) groups is 1. The molecule has 0 radical (unpaired) electrons. The number of benzene rings is 3. The summed E-state index contributed by atoms with van der Waals surface area (Å²) in [4.78, 5) is 12.4. The summed E-state index contributed by atoms with van der Waals surface area (Å²) in [6, 6.07) is 25.0. The molecule has 0 spiro atoms. The molecule has 176 valence electrons. The predicted molar refractivity (Wildman–Crippen MR) is 133 cm³/mol. The number of fused-ring (bicyclic) bond motifs is 1. The molecule has 1 heterocycles. The molecule has 2 aliphatic rings. The minimum atomic E-state index is -0.573. The van der Waals surface area contributed by atoms with Gasteiger partial charge in [0, 0.05) is 11.5 Å². The van der Waals surface area contributed by atoms with Gasteiger partial charge in [-0.3, -0.25) is 4.79 Å². The second-order valence-electron chi connectivity index (χ2n) is 9.48. The van der Waals surface area contributed by atoms with Gasteiger partial charge in [-0.2, -0.15) is 0 Å². The lowest BCUT2D eigenvalue weighted by Crippen LogP contribution is -2.28. The second kappa shape index (κ2) is 10.0. The standard InChI is InChI=1S/C30H32O4/c1-2-33-30(32)26-10-6-9-25(26)23-15-16-27-28(18-23)34-19-24(29(27)31)17-20-11-13-22(14-12-20)21-7-4-3-5-8-21/h3-5,7-8,11-16,18,24-26,29,31H,2,6,9-10,17,19H2,1H3. The predicted octanol–water partition coefficient (Wildman–Crippen LogP) is 6.09. The molecule has 5 rings (SSSR count). The lowest BCUT2D eigenvalue weighted by molar-refractivity contribution is -0.148. The molecule has 3 aromatic rings. The Hall–Kier alpha value is -3.11. The van der Waals surface area contributed by atoms with Crippen molar-refractivity contribution in [2.24, 2.45) is 11.8 Å². The Morgan fingerprint density at radius 1 is 1.00 bits per heavy atom. The number of esters is 1. The van der Waals surface area contributed by atoms with E-state index in [9.17, 15) is 9.90 Å². The van der Waals surface area contributed by atoms with Crippen molar-refractivity contribution in [3.05, 3.63) is 89.5 Å². The first kappa shape index (κ1) is 22.7. The van der Waals surface area contributed by atoms with Crippen molar-refractivity contribution in [3.8, 4) is 16.9 Å². The summed E-state index contributed by atoms with van der Waals surface area (Å²) in [5.74, 6) is 0.723. The quantitative estimate of drug-likeness (QED) is 0.457. The molecule has 4 heteroatoms. The number of carbonyl (C=O) groups excluding carboxylic acids is 1. The Balaban J connectivity index is 1.28. The van der Waals surface area contributed by atoms with Crippen LogP contribution >= 0.6 is 0 Å². The van der Waals surface area contributed by atoms with Gasteiger partial charge < -0.3 is 14.6 Å². The average molecular weight is 457 g/mol. The zero-order valence-electron chi connectivity index (χ0n) is 19.7. The van der Waals surface area contributed by atoms with Crippen LogP contribution in [-0.2, 0) is 16.0 Å². The van der Waals surface area contributed by atoms with Crippen molar-refractivity contribution in [2.75, 3.05) is 13.2 Å². The lowest BCUT2D eigenvalue weighted by atomic mass is 9.84. The van der Waals surface area contributed by atoms with Crippen LogP contribution in [0, 0.1) is 11.8 Å². The molecule has 1 N–H and O–H groups in total. The summed E-state index contributed by atoms with van der Waals surface area (Å²) < 4.78 is 11.4. The third-order valence-electron chi connectivity index (χ3n) is 7.35. The van der Waals surface area contributed by atoms with Gasteiger partial charge in [-0.25, -0.2) is 0 Å². The highest BCUT2D eigenvalue weighted by Gasteiger charge is 2.36. The van der Waals surface area contributed by atoms with Crippen LogP contribution in [0.1, 0.15) is 54.9 Å².